The summed E-state index contributed by atoms with van der Waals surface area (Å²) in [5, 5.41) is 3.43. The smallest absolute Gasteiger partial charge is 0.242 e. The molecule has 3 aromatic rings. The number of thioether (sulfide) groups is 1. The molecule has 4 nitrogen and oxygen atoms in total. The molecule has 3 aromatic carbocycles. The summed E-state index contributed by atoms with van der Waals surface area (Å²) in [5.74, 6) is 0.730. The number of halogens is 2. The summed E-state index contributed by atoms with van der Waals surface area (Å²) in [6.07, 6.45) is 0.449. The van der Waals surface area contributed by atoms with E-state index in [4.69, 9.17) is 11.6 Å². The van der Waals surface area contributed by atoms with Crippen molar-refractivity contribution in [1.29, 1.82) is 0 Å². The zero-order valence-electron chi connectivity index (χ0n) is 18.3. The molecule has 0 heterocycles. The minimum absolute atomic E-state index is 0.0681. The number of hydrogen-bond donors (Lipinski definition) is 1. The average Bonchev–Trinajstić information content (AvgIpc) is 2.83. The zero-order chi connectivity index (χ0) is 23.6. The van der Waals surface area contributed by atoms with Gasteiger partial charge >= 0.3 is 0 Å². The van der Waals surface area contributed by atoms with E-state index in [2.05, 4.69) is 21.2 Å². The maximum Gasteiger partial charge on any atom is 0.242 e. The van der Waals surface area contributed by atoms with Crippen LogP contribution in [0.1, 0.15) is 16.7 Å². The fourth-order valence-corrected chi connectivity index (χ4v) is 4.69. The van der Waals surface area contributed by atoms with E-state index >= 15 is 0 Å². The highest BCUT2D eigenvalue weighted by Crippen LogP contribution is 2.20. The minimum atomic E-state index is -0.607. The monoisotopic (exact) mass is 544 g/mol. The third-order valence-corrected chi connectivity index (χ3v) is 6.96. The maximum atomic E-state index is 13.4. The number of carbonyl (C=O) groups excluding carboxylic acids is 2. The van der Waals surface area contributed by atoms with Gasteiger partial charge in [0.2, 0.25) is 11.8 Å². The van der Waals surface area contributed by atoms with Gasteiger partial charge in [-0.2, -0.15) is 0 Å². The second-order valence-corrected chi connectivity index (χ2v) is 9.92. The van der Waals surface area contributed by atoms with Crippen LogP contribution in [-0.2, 0) is 28.3 Å². The molecular weight excluding hydrogens is 520 g/mol. The molecule has 0 saturated heterocycles. The second kappa shape index (κ2) is 12.8. The molecule has 1 N–H and O–H groups in total. The van der Waals surface area contributed by atoms with E-state index in [-0.39, 0.29) is 17.6 Å². The van der Waals surface area contributed by atoms with Crippen molar-refractivity contribution in [2.75, 3.05) is 12.8 Å². The van der Waals surface area contributed by atoms with Gasteiger partial charge in [-0.1, -0.05) is 82.1 Å². The minimum Gasteiger partial charge on any atom is -0.357 e. The molecule has 0 aliphatic rings. The van der Waals surface area contributed by atoms with Crippen molar-refractivity contribution in [1.82, 2.24) is 10.2 Å². The summed E-state index contributed by atoms with van der Waals surface area (Å²) in [6.45, 7) is 0.360. The normalized spacial score (nSPS) is 11.6. The van der Waals surface area contributed by atoms with Gasteiger partial charge < -0.3 is 10.2 Å². The Kier molecular flexibility index (Phi) is 9.85. The molecule has 0 spiro atoms. The summed E-state index contributed by atoms with van der Waals surface area (Å²) in [6, 6.07) is 24.6. The highest BCUT2D eigenvalue weighted by atomic mass is 79.9. The Morgan fingerprint density at radius 1 is 0.939 bits per heavy atom. The van der Waals surface area contributed by atoms with Crippen LogP contribution >= 0.6 is 39.3 Å². The first-order chi connectivity index (χ1) is 16.0. The number of rotatable bonds is 10. The number of carbonyl (C=O) groups is 2. The van der Waals surface area contributed by atoms with Crippen LogP contribution in [-0.4, -0.2) is 35.6 Å². The van der Waals surface area contributed by atoms with Crippen molar-refractivity contribution in [2.45, 2.75) is 24.8 Å². The molecule has 0 aliphatic carbocycles. The Morgan fingerprint density at radius 3 is 2.21 bits per heavy atom. The molecule has 0 aliphatic heterocycles. The lowest BCUT2D eigenvalue weighted by Crippen LogP contribution is -2.50. The molecule has 0 fully saturated rings. The van der Waals surface area contributed by atoms with Gasteiger partial charge in [-0.3, -0.25) is 9.59 Å². The van der Waals surface area contributed by atoms with Crippen molar-refractivity contribution in [2.24, 2.45) is 0 Å². The van der Waals surface area contributed by atoms with Crippen molar-refractivity contribution >= 4 is 51.1 Å². The lowest BCUT2D eigenvalue weighted by Gasteiger charge is -2.31. The van der Waals surface area contributed by atoms with E-state index in [0.29, 0.717) is 23.7 Å². The van der Waals surface area contributed by atoms with E-state index in [1.54, 1.807) is 11.9 Å². The molecule has 2 amide bonds. The van der Waals surface area contributed by atoms with E-state index in [1.807, 2.05) is 78.9 Å². The number of likely N-dealkylation sites (N-methyl/N-ethyl adjacent to an activating group) is 1. The van der Waals surface area contributed by atoms with Gasteiger partial charge in [-0.25, -0.2) is 0 Å². The van der Waals surface area contributed by atoms with Crippen molar-refractivity contribution < 1.29 is 9.59 Å². The SMILES string of the molecule is CNC(=O)C(Cc1ccccc1)N(Cc1ccc(Br)cc1)C(=O)CSCc1ccc(Cl)cc1. The Labute approximate surface area is 212 Å². The predicted octanol–water partition coefficient (Wildman–Crippen LogP) is 5.72. The van der Waals surface area contributed by atoms with Crippen molar-refractivity contribution in [3.8, 4) is 0 Å². The van der Waals surface area contributed by atoms with E-state index in [1.165, 1.54) is 11.8 Å². The van der Waals surface area contributed by atoms with Gasteiger partial charge in [0.15, 0.2) is 0 Å². The summed E-state index contributed by atoms with van der Waals surface area (Å²) in [7, 11) is 1.61. The van der Waals surface area contributed by atoms with Crippen LogP contribution in [0.2, 0.25) is 5.02 Å². The molecule has 1 atom stereocenters. The Bertz CT molecular complexity index is 1050. The Hall–Kier alpha value is -2.28. The van der Waals surface area contributed by atoms with Crippen LogP contribution in [0.15, 0.2) is 83.3 Å². The molecule has 7 heteroatoms. The largest absolute Gasteiger partial charge is 0.357 e. The third kappa shape index (κ3) is 7.91. The lowest BCUT2D eigenvalue weighted by atomic mass is 10.0. The molecule has 0 aromatic heterocycles. The van der Waals surface area contributed by atoms with Gasteiger partial charge in [0.1, 0.15) is 6.04 Å². The number of nitrogens with zero attached hydrogens (tertiary/aromatic N) is 1. The topological polar surface area (TPSA) is 49.4 Å². The lowest BCUT2D eigenvalue weighted by molar-refractivity contribution is -0.139. The summed E-state index contributed by atoms with van der Waals surface area (Å²) < 4.78 is 0.967. The molecule has 3 rings (SSSR count). The molecule has 0 bridgehead atoms. The molecule has 0 radical (unpaired) electrons. The van der Waals surface area contributed by atoms with Crippen LogP contribution in [0.5, 0.6) is 0 Å². The van der Waals surface area contributed by atoms with Gasteiger partial charge in [-0.05, 0) is 41.0 Å². The number of hydrogen-bond acceptors (Lipinski definition) is 3. The summed E-state index contributed by atoms with van der Waals surface area (Å²) in [4.78, 5) is 28.0. The van der Waals surface area contributed by atoms with Crippen LogP contribution < -0.4 is 5.32 Å². The standard InChI is InChI=1S/C26H26BrClN2O2S/c1-29-26(32)24(15-19-5-3-2-4-6-19)30(16-20-7-11-22(27)12-8-20)25(31)18-33-17-21-9-13-23(28)14-10-21/h2-14,24H,15-18H2,1H3,(H,29,32). The quantitative estimate of drug-likeness (QED) is 0.354. The van der Waals surface area contributed by atoms with E-state index < -0.39 is 6.04 Å². The molecular formula is C26H26BrClN2O2S. The van der Waals surface area contributed by atoms with Gasteiger partial charge in [-0.15, -0.1) is 11.8 Å². The van der Waals surface area contributed by atoms with E-state index in [0.717, 1.165) is 21.2 Å². The van der Waals surface area contributed by atoms with Gasteiger partial charge in [0.05, 0.1) is 5.75 Å². The fraction of sp³-hybridized carbons (Fsp3) is 0.231. The van der Waals surface area contributed by atoms with Gasteiger partial charge in [0, 0.05) is 35.3 Å². The zero-order valence-corrected chi connectivity index (χ0v) is 21.5. The first-order valence-electron chi connectivity index (χ1n) is 10.6. The average molecular weight is 546 g/mol. The van der Waals surface area contributed by atoms with Crippen LogP contribution in [0.25, 0.3) is 0 Å². The molecule has 172 valence electrons. The number of benzene rings is 3. The summed E-state index contributed by atoms with van der Waals surface area (Å²) in [5.41, 5.74) is 3.08. The van der Waals surface area contributed by atoms with Gasteiger partial charge in [0.25, 0.3) is 0 Å². The number of amides is 2. The Balaban J connectivity index is 1.79. The highest BCUT2D eigenvalue weighted by molar-refractivity contribution is 9.10. The van der Waals surface area contributed by atoms with Crippen LogP contribution in [0.3, 0.4) is 0 Å². The van der Waals surface area contributed by atoms with E-state index in [9.17, 15) is 9.59 Å². The second-order valence-electron chi connectivity index (χ2n) is 7.59. The van der Waals surface area contributed by atoms with Crippen molar-refractivity contribution in [3.63, 3.8) is 0 Å². The predicted molar refractivity (Wildman–Crippen MR) is 140 cm³/mol. The first kappa shape index (κ1) is 25.3. The fourth-order valence-electron chi connectivity index (χ4n) is 3.43. The number of nitrogens with one attached hydrogen (secondary N) is 1. The Morgan fingerprint density at radius 2 is 1.58 bits per heavy atom. The molecule has 1 unspecified atom stereocenters. The van der Waals surface area contributed by atoms with Crippen molar-refractivity contribution in [3.05, 3.63) is 105 Å². The van der Waals surface area contributed by atoms with Crippen LogP contribution in [0.4, 0.5) is 0 Å². The highest BCUT2D eigenvalue weighted by Gasteiger charge is 2.29. The maximum absolute atomic E-state index is 13.4. The molecule has 0 saturated carbocycles. The third-order valence-electron chi connectivity index (χ3n) is 5.19. The molecule has 33 heavy (non-hydrogen) atoms. The first-order valence-corrected chi connectivity index (χ1v) is 12.9. The van der Waals surface area contributed by atoms with Crippen LogP contribution in [0, 0.1) is 0 Å². The summed E-state index contributed by atoms with van der Waals surface area (Å²) >= 11 is 10.9.